The molecule has 0 aromatic carbocycles. The molecule has 0 spiro atoms. The lowest BCUT2D eigenvalue weighted by Gasteiger charge is -2.44. The van der Waals surface area contributed by atoms with Gasteiger partial charge < -0.3 is 10.0 Å². The minimum Gasteiger partial charge on any atom is -0.477 e. The molecule has 98 valence electrons. The van der Waals surface area contributed by atoms with Crippen LogP contribution in [-0.2, 0) is 0 Å². The van der Waals surface area contributed by atoms with Crippen molar-refractivity contribution in [2.75, 3.05) is 11.4 Å². The molecule has 1 saturated carbocycles. The SMILES string of the molecule is O=C(O)c1cnc(N2CCC[C@H]3CCCC[C@H]32)s1. The second-order valence-electron chi connectivity index (χ2n) is 5.26. The van der Waals surface area contributed by atoms with Crippen molar-refractivity contribution in [2.24, 2.45) is 5.92 Å². The number of rotatable bonds is 2. The van der Waals surface area contributed by atoms with Crippen LogP contribution in [0.3, 0.4) is 0 Å². The van der Waals surface area contributed by atoms with Crippen LogP contribution in [0, 0.1) is 5.92 Å². The quantitative estimate of drug-likeness (QED) is 0.894. The average Bonchev–Trinajstić information content (AvgIpc) is 2.87. The zero-order chi connectivity index (χ0) is 12.5. The van der Waals surface area contributed by atoms with E-state index in [9.17, 15) is 4.79 Å². The molecule has 3 rings (SSSR count). The van der Waals surface area contributed by atoms with Crippen molar-refractivity contribution < 1.29 is 9.90 Å². The fraction of sp³-hybridized carbons (Fsp3) is 0.692. The lowest BCUT2D eigenvalue weighted by atomic mass is 9.78. The summed E-state index contributed by atoms with van der Waals surface area (Å²) in [7, 11) is 0. The Morgan fingerprint density at radius 1 is 1.33 bits per heavy atom. The molecule has 0 unspecified atom stereocenters. The van der Waals surface area contributed by atoms with Gasteiger partial charge in [0.1, 0.15) is 4.88 Å². The van der Waals surface area contributed by atoms with Gasteiger partial charge in [0, 0.05) is 12.6 Å². The van der Waals surface area contributed by atoms with Crippen molar-refractivity contribution in [3.63, 3.8) is 0 Å². The van der Waals surface area contributed by atoms with E-state index in [-0.39, 0.29) is 0 Å². The lowest BCUT2D eigenvalue weighted by molar-refractivity contribution is 0.0702. The molecule has 1 aliphatic heterocycles. The van der Waals surface area contributed by atoms with Crippen LogP contribution < -0.4 is 4.90 Å². The van der Waals surface area contributed by atoms with E-state index in [1.165, 1.54) is 56.1 Å². The van der Waals surface area contributed by atoms with Crippen LogP contribution in [0.1, 0.15) is 48.2 Å². The van der Waals surface area contributed by atoms with Crippen molar-refractivity contribution >= 4 is 22.4 Å². The number of aromatic nitrogens is 1. The van der Waals surface area contributed by atoms with Crippen molar-refractivity contribution in [3.8, 4) is 0 Å². The molecular weight excluding hydrogens is 248 g/mol. The Bertz CT molecular complexity index is 444. The van der Waals surface area contributed by atoms with E-state index in [2.05, 4.69) is 9.88 Å². The summed E-state index contributed by atoms with van der Waals surface area (Å²) in [6.07, 6.45) is 9.27. The number of piperidine rings is 1. The number of anilines is 1. The zero-order valence-corrected chi connectivity index (χ0v) is 11.2. The fourth-order valence-corrected chi connectivity index (χ4v) is 4.20. The van der Waals surface area contributed by atoms with Crippen LogP contribution in [0.15, 0.2) is 6.20 Å². The molecular formula is C13H18N2O2S. The van der Waals surface area contributed by atoms with E-state index in [4.69, 9.17) is 5.11 Å². The normalized spacial score (nSPS) is 27.9. The molecule has 0 bridgehead atoms. The highest BCUT2D eigenvalue weighted by Crippen LogP contribution is 2.38. The highest BCUT2D eigenvalue weighted by molar-refractivity contribution is 7.17. The number of carboxylic acid groups (broad SMARTS) is 1. The van der Waals surface area contributed by atoms with Crippen molar-refractivity contribution in [1.82, 2.24) is 4.98 Å². The maximum Gasteiger partial charge on any atom is 0.347 e. The lowest BCUT2D eigenvalue weighted by Crippen LogP contribution is -2.46. The van der Waals surface area contributed by atoms with Gasteiger partial charge >= 0.3 is 5.97 Å². The molecule has 2 heterocycles. The minimum absolute atomic E-state index is 0.350. The van der Waals surface area contributed by atoms with Gasteiger partial charge in [-0.05, 0) is 31.6 Å². The standard InChI is InChI=1S/C13H18N2O2S/c16-12(17)11-8-14-13(18-11)15-7-3-5-9-4-1-2-6-10(9)15/h8-10H,1-7H2,(H,16,17)/t9-,10-/m1/s1. The van der Waals surface area contributed by atoms with E-state index >= 15 is 0 Å². The minimum atomic E-state index is -0.865. The summed E-state index contributed by atoms with van der Waals surface area (Å²) in [6, 6.07) is 0.597. The van der Waals surface area contributed by atoms with Crippen LogP contribution in [-0.4, -0.2) is 28.6 Å². The molecule has 2 fully saturated rings. The molecule has 1 aromatic rings. The first-order valence-corrected chi connectivity index (χ1v) is 7.53. The smallest absolute Gasteiger partial charge is 0.347 e. The van der Waals surface area contributed by atoms with Gasteiger partial charge in [0.05, 0.1) is 6.20 Å². The molecule has 2 atom stereocenters. The van der Waals surface area contributed by atoms with Crippen LogP contribution in [0.4, 0.5) is 5.13 Å². The fourth-order valence-electron chi connectivity index (χ4n) is 3.36. The number of fused-ring (bicyclic) bond motifs is 1. The Kier molecular flexibility index (Phi) is 3.24. The van der Waals surface area contributed by atoms with Crippen LogP contribution >= 0.6 is 11.3 Å². The molecule has 1 aliphatic carbocycles. The van der Waals surface area contributed by atoms with E-state index in [1.807, 2.05) is 0 Å². The van der Waals surface area contributed by atoms with Gasteiger partial charge in [0.25, 0.3) is 0 Å². The summed E-state index contributed by atoms with van der Waals surface area (Å²) in [4.78, 5) is 18.0. The Hall–Kier alpha value is -1.10. The Morgan fingerprint density at radius 2 is 2.11 bits per heavy atom. The number of hydrogen-bond acceptors (Lipinski definition) is 4. The molecule has 2 aliphatic rings. The number of thiazole rings is 1. The van der Waals surface area contributed by atoms with E-state index in [0.717, 1.165) is 17.6 Å². The molecule has 0 amide bonds. The van der Waals surface area contributed by atoms with Crippen molar-refractivity contribution in [3.05, 3.63) is 11.1 Å². The zero-order valence-electron chi connectivity index (χ0n) is 10.3. The molecule has 5 heteroatoms. The summed E-state index contributed by atoms with van der Waals surface area (Å²) < 4.78 is 0. The molecule has 1 saturated heterocycles. The van der Waals surface area contributed by atoms with Gasteiger partial charge in [0.2, 0.25) is 0 Å². The molecule has 1 aromatic heterocycles. The van der Waals surface area contributed by atoms with E-state index in [1.54, 1.807) is 0 Å². The van der Waals surface area contributed by atoms with Gasteiger partial charge in [-0.1, -0.05) is 24.2 Å². The number of aromatic carboxylic acids is 1. The maximum atomic E-state index is 10.9. The van der Waals surface area contributed by atoms with E-state index in [0.29, 0.717) is 10.9 Å². The third-order valence-electron chi connectivity index (χ3n) is 4.19. The highest BCUT2D eigenvalue weighted by Gasteiger charge is 2.34. The average molecular weight is 266 g/mol. The second kappa shape index (κ2) is 4.88. The molecule has 4 nitrogen and oxygen atoms in total. The predicted molar refractivity (Wildman–Crippen MR) is 71.4 cm³/mol. The number of carboxylic acids is 1. The summed E-state index contributed by atoms with van der Waals surface area (Å²) >= 11 is 1.32. The van der Waals surface area contributed by atoms with Crippen molar-refractivity contribution in [2.45, 2.75) is 44.6 Å². The number of nitrogens with zero attached hydrogens (tertiary/aromatic N) is 2. The summed E-state index contributed by atoms with van der Waals surface area (Å²) in [6.45, 7) is 1.04. The van der Waals surface area contributed by atoms with Crippen LogP contribution in [0.25, 0.3) is 0 Å². The van der Waals surface area contributed by atoms with Gasteiger partial charge in [-0.2, -0.15) is 0 Å². The van der Waals surface area contributed by atoms with Gasteiger partial charge in [-0.3, -0.25) is 0 Å². The van der Waals surface area contributed by atoms with Crippen LogP contribution in [0.2, 0.25) is 0 Å². The third kappa shape index (κ3) is 2.11. The monoisotopic (exact) mass is 266 g/mol. The topological polar surface area (TPSA) is 53.4 Å². The largest absolute Gasteiger partial charge is 0.477 e. The first kappa shape index (κ1) is 12.0. The summed E-state index contributed by atoms with van der Waals surface area (Å²) in [5.74, 6) is -0.0689. The highest BCUT2D eigenvalue weighted by atomic mass is 32.1. The molecule has 18 heavy (non-hydrogen) atoms. The van der Waals surface area contributed by atoms with Gasteiger partial charge in [-0.25, -0.2) is 9.78 Å². The summed E-state index contributed by atoms with van der Waals surface area (Å²) in [5.41, 5.74) is 0. The Morgan fingerprint density at radius 3 is 2.89 bits per heavy atom. The Labute approximate surface area is 111 Å². The number of carbonyl (C=O) groups is 1. The molecule has 0 radical (unpaired) electrons. The first-order chi connectivity index (χ1) is 8.75. The third-order valence-corrected chi connectivity index (χ3v) is 5.22. The van der Waals surface area contributed by atoms with Gasteiger partial charge in [0.15, 0.2) is 5.13 Å². The first-order valence-electron chi connectivity index (χ1n) is 6.71. The summed E-state index contributed by atoms with van der Waals surface area (Å²) in [5, 5.41) is 9.89. The van der Waals surface area contributed by atoms with Gasteiger partial charge in [-0.15, -0.1) is 0 Å². The van der Waals surface area contributed by atoms with Crippen LogP contribution in [0.5, 0.6) is 0 Å². The van der Waals surface area contributed by atoms with Crippen molar-refractivity contribution in [1.29, 1.82) is 0 Å². The maximum absolute atomic E-state index is 10.9. The van der Waals surface area contributed by atoms with E-state index < -0.39 is 5.97 Å². The number of hydrogen-bond donors (Lipinski definition) is 1. The Balaban J connectivity index is 1.82. The second-order valence-corrected chi connectivity index (χ2v) is 6.27. The predicted octanol–water partition coefficient (Wildman–Crippen LogP) is 3.00. The molecule has 1 N–H and O–H groups in total.